The molecular weight excluding hydrogens is 294 g/mol. The number of esters is 1. The van der Waals surface area contributed by atoms with Crippen LogP contribution < -0.4 is 0 Å². The summed E-state index contributed by atoms with van der Waals surface area (Å²) in [7, 11) is -3.77. The lowest BCUT2D eigenvalue weighted by molar-refractivity contribution is 0.0521. The van der Waals surface area contributed by atoms with Crippen molar-refractivity contribution in [3.8, 4) is 0 Å². The van der Waals surface area contributed by atoms with Gasteiger partial charge in [0, 0.05) is 12.6 Å². The van der Waals surface area contributed by atoms with E-state index in [-0.39, 0.29) is 23.2 Å². The first-order chi connectivity index (χ1) is 9.98. The van der Waals surface area contributed by atoms with Crippen LogP contribution in [0.4, 0.5) is 0 Å². The number of sulfonamides is 1. The molecular formula is C13H21N3O4S. The molecule has 1 aliphatic heterocycles. The lowest BCUT2D eigenvalue weighted by atomic mass is 10.1. The quantitative estimate of drug-likeness (QED) is 0.851. The van der Waals surface area contributed by atoms with Gasteiger partial charge in [-0.2, -0.15) is 9.40 Å². The van der Waals surface area contributed by atoms with Crippen molar-refractivity contribution in [2.24, 2.45) is 0 Å². The summed E-state index contributed by atoms with van der Waals surface area (Å²) in [6.07, 6.45) is 4.88. The van der Waals surface area contributed by atoms with Crippen molar-refractivity contribution in [2.75, 3.05) is 13.2 Å². The molecule has 1 unspecified atom stereocenters. The van der Waals surface area contributed by atoms with Crippen LogP contribution in [0.5, 0.6) is 0 Å². The Bertz CT molecular complexity index is 596. The van der Waals surface area contributed by atoms with Gasteiger partial charge in [0.25, 0.3) is 10.0 Å². The summed E-state index contributed by atoms with van der Waals surface area (Å²) >= 11 is 0. The second-order valence-corrected chi connectivity index (χ2v) is 6.97. The summed E-state index contributed by atoms with van der Waals surface area (Å²) in [6, 6.07) is -0.0872. The molecule has 0 saturated carbocycles. The number of ether oxygens (including phenoxy) is 1. The minimum Gasteiger partial charge on any atom is -0.462 e. The number of hydrogen-bond acceptors (Lipinski definition) is 5. The molecule has 0 spiro atoms. The Balaban J connectivity index is 2.35. The standard InChI is InChI=1S/C13H21N3O4S/c1-3-20-13(17)11-9-14-15-12(11)21(18,19)16-8-6-4-5-7-10(16)2/h9-10H,3-8H2,1-2H3,(H,14,15). The van der Waals surface area contributed by atoms with Crippen molar-refractivity contribution in [1.82, 2.24) is 14.5 Å². The lowest BCUT2D eigenvalue weighted by Gasteiger charge is -2.25. The molecule has 0 bridgehead atoms. The first-order valence-corrected chi connectivity index (χ1v) is 8.64. The summed E-state index contributed by atoms with van der Waals surface area (Å²) in [5, 5.41) is 5.97. The molecule has 2 heterocycles. The highest BCUT2D eigenvalue weighted by Crippen LogP contribution is 2.25. The van der Waals surface area contributed by atoms with Gasteiger partial charge in [-0.15, -0.1) is 0 Å². The average Bonchev–Trinajstić information content (AvgIpc) is 2.83. The zero-order chi connectivity index (χ0) is 15.5. The summed E-state index contributed by atoms with van der Waals surface area (Å²) in [4.78, 5) is 11.8. The van der Waals surface area contributed by atoms with Gasteiger partial charge in [0.15, 0.2) is 5.03 Å². The van der Waals surface area contributed by atoms with Crippen molar-refractivity contribution >= 4 is 16.0 Å². The van der Waals surface area contributed by atoms with E-state index in [1.54, 1.807) is 6.92 Å². The van der Waals surface area contributed by atoms with Crippen molar-refractivity contribution in [3.63, 3.8) is 0 Å². The first-order valence-electron chi connectivity index (χ1n) is 7.20. The predicted molar refractivity (Wildman–Crippen MR) is 76.4 cm³/mol. The average molecular weight is 315 g/mol. The fourth-order valence-corrected chi connectivity index (χ4v) is 4.31. The molecule has 1 fully saturated rings. The van der Waals surface area contributed by atoms with E-state index in [4.69, 9.17) is 4.74 Å². The first kappa shape index (κ1) is 16.0. The Hall–Kier alpha value is -1.41. The maximum Gasteiger partial charge on any atom is 0.342 e. The molecule has 1 aliphatic rings. The van der Waals surface area contributed by atoms with E-state index in [1.165, 1.54) is 10.5 Å². The molecule has 1 aromatic heterocycles. The van der Waals surface area contributed by atoms with Gasteiger partial charge in [-0.25, -0.2) is 13.2 Å². The highest BCUT2D eigenvalue weighted by molar-refractivity contribution is 7.89. The minimum atomic E-state index is -3.77. The van der Waals surface area contributed by atoms with Gasteiger partial charge in [-0.1, -0.05) is 12.8 Å². The Morgan fingerprint density at radius 1 is 1.48 bits per heavy atom. The molecule has 0 aromatic carbocycles. The molecule has 1 atom stereocenters. The van der Waals surface area contributed by atoms with Crippen molar-refractivity contribution in [1.29, 1.82) is 0 Å². The molecule has 1 aromatic rings. The van der Waals surface area contributed by atoms with E-state index >= 15 is 0 Å². The highest BCUT2D eigenvalue weighted by Gasteiger charge is 2.34. The monoisotopic (exact) mass is 315 g/mol. The van der Waals surface area contributed by atoms with Gasteiger partial charge in [0.05, 0.1) is 12.8 Å². The Morgan fingerprint density at radius 2 is 2.24 bits per heavy atom. The number of carbonyl (C=O) groups is 1. The maximum absolute atomic E-state index is 12.8. The summed E-state index contributed by atoms with van der Waals surface area (Å²) in [5.41, 5.74) is -0.0340. The second kappa shape index (κ2) is 6.57. The molecule has 118 valence electrons. The van der Waals surface area contributed by atoms with Crippen LogP contribution in [0.3, 0.4) is 0 Å². The van der Waals surface area contributed by atoms with Gasteiger partial charge in [-0.3, -0.25) is 5.10 Å². The molecule has 1 N–H and O–H groups in total. The third-order valence-electron chi connectivity index (χ3n) is 3.66. The van der Waals surface area contributed by atoms with Crippen LogP contribution in [0.15, 0.2) is 11.2 Å². The van der Waals surface area contributed by atoms with E-state index in [0.717, 1.165) is 25.7 Å². The van der Waals surface area contributed by atoms with E-state index in [9.17, 15) is 13.2 Å². The third-order valence-corrected chi connectivity index (χ3v) is 5.65. The molecule has 1 saturated heterocycles. The van der Waals surface area contributed by atoms with Crippen LogP contribution in [0, 0.1) is 0 Å². The normalized spacial score (nSPS) is 21.0. The minimum absolute atomic E-state index is 0.0340. The number of rotatable bonds is 4. The van der Waals surface area contributed by atoms with Crippen molar-refractivity contribution < 1.29 is 17.9 Å². The number of H-pyrrole nitrogens is 1. The van der Waals surface area contributed by atoms with Gasteiger partial charge in [0.2, 0.25) is 0 Å². The summed E-state index contributed by atoms with van der Waals surface area (Å²) < 4.78 is 31.9. The highest BCUT2D eigenvalue weighted by atomic mass is 32.2. The van der Waals surface area contributed by atoms with Gasteiger partial charge < -0.3 is 4.74 Å². The fraction of sp³-hybridized carbons (Fsp3) is 0.692. The number of nitrogens with zero attached hydrogens (tertiary/aromatic N) is 2. The molecule has 0 amide bonds. The van der Waals surface area contributed by atoms with Crippen LogP contribution in [-0.2, 0) is 14.8 Å². The summed E-state index contributed by atoms with van der Waals surface area (Å²) in [6.45, 7) is 4.21. The van der Waals surface area contributed by atoms with Gasteiger partial charge in [0.1, 0.15) is 5.56 Å². The number of carbonyl (C=O) groups excluding carboxylic acids is 1. The lowest BCUT2D eigenvalue weighted by Crippen LogP contribution is -2.39. The molecule has 2 rings (SSSR count). The molecule has 21 heavy (non-hydrogen) atoms. The van der Waals surface area contributed by atoms with Crippen LogP contribution in [0.2, 0.25) is 0 Å². The van der Waals surface area contributed by atoms with Crippen LogP contribution >= 0.6 is 0 Å². The van der Waals surface area contributed by atoms with E-state index in [1.807, 2.05) is 6.92 Å². The Kier molecular flexibility index (Phi) is 5.00. The number of aromatic nitrogens is 2. The fourth-order valence-electron chi connectivity index (χ4n) is 2.55. The topological polar surface area (TPSA) is 92.4 Å². The number of hydrogen-bond donors (Lipinski definition) is 1. The van der Waals surface area contributed by atoms with Gasteiger partial charge >= 0.3 is 5.97 Å². The van der Waals surface area contributed by atoms with Crippen LogP contribution in [0.1, 0.15) is 49.9 Å². The van der Waals surface area contributed by atoms with Crippen LogP contribution in [0.25, 0.3) is 0 Å². The predicted octanol–water partition coefficient (Wildman–Crippen LogP) is 1.54. The van der Waals surface area contributed by atoms with Gasteiger partial charge in [-0.05, 0) is 26.7 Å². The van der Waals surface area contributed by atoms with Crippen molar-refractivity contribution in [2.45, 2.75) is 50.6 Å². The largest absolute Gasteiger partial charge is 0.462 e. The third kappa shape index (κ3) is 3.26. The smallest absolute Gasteiger partial charge is 0.342 e. The zero-order valence-electron chi connectivity index (χ0n) is 12.3. The zero-order valence-corrected chi connectivity index (χ0v) is 13.1. The van der Waals surface area contributed by atoms with E-state index < -0.39 is 16.0 Å². The van der Waals surface area contributed by atoms with E-state index in [2.05, 4.69) is 10.2 Å². The SMILES string of the molecule is CCOC(=O)c1cn[nH]c1S(=O)(=O)N1CCCCCC1C. The Morgan fingerprint density at radius 3 is 2.95 bits per heavy atom. The van der Waals surface area contributed by atoms with E-state index in [0.29, 0.717) is 6.54 Å². The molecule has 8 heteroatoms. The second-order valence-electron chi connectivity index (χ2n) is 5.15. The van der Waals surface area contributed by atoms with Crippen molar-refractivity contribution in [3.05, 3.63) is 11.8 Å². The molecule has 7 nitrogen and oxygen atoms in total. The number of nitrogens with one attached hydrogen (secondary N) is 1. The summed E-state index contributed by atoms with van der Waals surface area (Å²) in [5.74, 6) is -0.674. The maximum atomic E-state index is 12.8. The molecule has 0 radical (unpaired) electrons. The Labute approximate surface area is 124 Å². The van der Waals surface area contributed by atoms with Crippen LogP contribution in [-0.4, -0.2) is 48.1 Å². The molecule has 0 aliphatic carbocycles. The number of aromatic amines is 1.